The molecule has 2 atom stereocenters. The lowest BCUT2D eigenvalue weighted by Crippen LogP contribution is -2.32. The van der Waals surface area contributed by atoms with Crippen LogP contribution in [0.2, 0.25) is 0 Å². The lowest BCUT2D eigenvalue weighted by molar-refractivity contribution is -0.143. The number of aryl methyl sites for hydroxylation is 2. The molecule has 1 aromatic heterocycles. The fourth-order valence-corrected chi connectivity index (χ4v) is 6.00. The Balaban J connectivity index is 1.54. The highest BCUT2D eigenvalue weighted by molar-refractivity contribution is 5.91. The summed E-state index contributed by atoms with van der Waals surface area (Å²) in [5.74, 6) is -0.532. The van der Waals surface area contributed by atoms with Crippen LogP contribution in [0.3, 0.4) is 0 Å². The number of carbonyl (C=O) groups excluding carboxylic acids is 1. The quantitative estimate of drug-likeness (QED) is 0.242. The lowest BCUT2D eigenvalue weighted by atomic mass is 9.94. The standard InChI is InChI=1S/C36H33F7N2O3/c1-4-6-27-10-12-29(30-16-23(7-5-8-31(30)37)28-11-9-22(19-46)13-20(28)2)32(44-27)18-45-21(3)33(48-34(45)47)24-14-25(35(38,39)40)17-26(15-24)36(41,42)43/h7-17,21,33,46H,4-6,18-19H2,1-3H3. The molecule has 254 valence electrons. The van der Waals surface area contributed by atoms with E-state index < -0.39 is 53.1 Å². The van der Waals surface area contributed by atoms with Gasteiger partial charge in [-0.2, -0.15) is 26.3 Å². The second-order valence-electron chi connectivity index (χ2n) is 11.9. The van der Waals surface area contributed by atoms with E-state index in [9.17, 15) is 36.2 Å². The van der Waals surface area contributed by atoms with Crippen LogP contribution in [0, 0.1) is 6.92 Å². The van der Waals surface area contributed by atoms with Crippen LogP contribution in [0.5, 0.6) is 0 Å². The minimum atomic E-state index is -5.07. The van der Waals surface area contributed by atoms with E-state index in [1.165, 1.54) is 17.9 Å². The van der Waals surface area contributed by atoms with Crippen LogP contribution < -0.4 is 0 Å². The van der Waals surface area contributed by atoms with Gasteiger partial charge in [0.15, 0.2) is 0 Å². The number of hydrogen-bond acceptors (Lipinski definition) is 4. The molecule has 48 heavy (non-hydrogen) atoms. The molecule has 1 fully saturated rings. The zero-order chi connectivity index (χ0) is 35.0. The Hall–Kier alpha value is -4.45. The molecule has 3 aromatic rings. The molecule has 0 radical (unpaired) electrons. The fourth-order valence-electron chi connectivity index (χ4n) is 6.00. The van der Waals surface area contributed by atoms with Gasteiger partial charge in [-0.1, -0.05) is 43.7 Å². The second-order valence-corrected chi connectivity index (χ2v) is 11.9. The van der Waals surface area contributed by atoms with Crippen LogP contribution in [0.15, 0.2) is 72.6 Å². The molecule has 0 spiro atoms. The molecule has 2 heterocycles. The van der Waals surface area contributed by atoms with Gasteiger partial charge in [-0.15, -0.1) is 0 Å². The van der Waals surface area contributed by atoms with Gasteiger partial charge >= 0.3 is 18.4 Å². The number of aliphatic hydroxyl groups excluding tert-OH is 1. The number of ether oxygens (including phenoxy) is 1. The maximum absolute atomic E-state index is 15.8. The van der Waals surface area contributed by atoms with Gasteiger partial charge in [0.1, 0.15) is 11.9 Å². The maximum atomic E-state index is 15.8. The monoisotopic (exact) mass is 674 g/mol. The van der Waals surface area contributed by atoms with Crippen molar-refractivity contribution < 1.29 is 45.4 Å². The first-order chi connectivity index (χ1) is 22.6. The molecule has 2 aromatic carbocycles. The molecular formula is C36H33F7N2O3. The van der Waals surface area contributed by atoms with Gasteiger partial charge in [0, 0.05) is 16.8 Å². The summed E-state index contributed by atoms with van der Waals surface area (Å²) < 4.78 is 103. The number of benzene rings is 2. The Kier molecular flexibility index (Phi) is 9.87. The van der Waals surface area contributed by atoms with Crippen molar-refractivity contribution in [2.45, 2.75) is 77.7 Å². The summed E-state index contributed by atoms with van der Waals surface area (Å²) >= 11 is 0. The normalized spacial score (nSPS) is 18.7. The molecule has 5 rings (SSSR count). The molecule has 1 saturated heterocycles. The maximum Gasteiger partial charge on any atom is 0.416 e. The number of alkyl halides is 6. The summed E-state index contributed by atoms with van der Waals surface area (Å²) in [7, 11) is 0. The Morgan fingerprint density at radius 3 is 2.23 bits per heavy atom. The number of pyridine rings is 1. The largest absolute Gasteiger partial charge is 0.439 e. The molecule has 1 aliphatic carbocycles. The summed E-state index contributed by atoms with van der Waals surface area (Å²) in [5.41, 5.74) is 1.15. The molecule has 1 N–H and O–H groups in total. The average Bonchev–Trinajstić information content (AvgIpc) is 3.17. The van der Waals surface area contributed by atoms with Crippen LogP contribution in [-0.4, -0.2) is 27.1 Å². The summed E-state index contributed by atoms with van der Waals surface area (Å²) in [6.45, 7) is 4.91. The lowest BCUT2D eigenvalue weighted by Gasteiger charge is -2.23. The highest BCUT2D eigenvalue weighted by Crippen LogP contribution is 2.42. The van der Waals surface area contributed by atoms with Crippen LogP contribution in [0.1, 0.15) is 83.1 Å². The van der Waals surface area contributed by atoms with Crippen LogP contribution >= 0.6 is 0 Å². The first-order valence-corrected chi connectivity index (χ1v) is 15.3. The van der Waals surface area contributed by atoms with E-state index in [1.807, 2.05) is 32.1 Å². The Morgan fingerprint density at radius 1 is 0.958 bits per heavy atom. The number of allylic oxidation sites excluding steroid dienone is 6. The molecule has 5 nitrogen and oxygen atoms in total. The van der Waals surface area contributed by atoms with Gasteiger partial charge in [-0.05, 0) is 90.9 Å². The number of carbonyl (C=O) groups is 1. The van der Waals surface area contributed by atoms with E-state index in [2.05, 4.69) is 0 Å². The van der Waals surface area contributed by atoms with Crippen LogP contribution in [0.25, 0.3) is 11.1 Å². The van der Waals surface area contributed by atoms with Crippen molar-refractivity contribution in [1.82, 2.24) is 9.88 Å². The van der Waals surface area contributed by atoms with Gasteiger partial charge in [0.05, 0.1) is 36.0 Å². The molecule has 2 unspecified atom stereocenters. The number of aliphatic hydroxyl groups is 1. The number of hydrogen-bond donors (Lipinski definition) is 1. The zero-order valence-corrected chi connectivity index (χ0v) is 26.3. The van der Waals surface area contributed by atoms with E-state index in [0.717, 1.165) is 28.7 Å². The van der Waals surface area contributed by atoms with Crippen LogP contribution in [0.4, 0.5) is 35.5 Å². The van der Waals surface area contributed by atoms with Crippen molar-refractivity contribution in [3.8, 4) is 0 Å². The van der Waals surface area contributed by atoms with E-state index in [-0.39, 0.29) is 36.9 Å². The third kappa shape index (κ3) is 7.33. The minimum absolute atomic E-state index is 0.0197. The number of halogens is 7. The summed E-state index contributed by atoms with van der Waals surface area (Å²) in [4.78, 5) is 19.1. The number of nitrogens with zero attached hydrogens (tertiary/aromatic N) is 2. The first-order valence-electron chi connectivity index (χ1n) is 15.3. The fraction of sp³-hybridized carbons (Fsp3) is 0.333. The predicted octanol–water partition coefficient (Wildman–Crippen LogP) is 9.68. The van der Waals surface area contributed by atoms with Crippen LogP contribution in [-0.2, 0) is 36.7 Å². The number of aromatic nitrogens is 1. The molecule has 0 saturated carbocycles. The molecule has 12 heteroatoms. The van der Waals surface area contributed by atoms with Crippen molar-refractivity contribution >= 4 is 17.2 Å². The highest BCUT2D eigenvalue weighted by Gasteiger charge is 2.43. The Morgan fingerprint density at radius 2 is 1.62 bits per heavy atom. The summed E-state index contributed by atoms with van der Waals surface area (Å²) in [6, 6.07) is 9.03. The van der Waals surface area contributed by atoms with Gasteiger partial charge in [0.2, 0.25) is 0 Å². The molecular weight excluding hydrogens is 641 g/mol. The third-order valence-corrected chi connectivity index (χ3v) is 8.46. The average molecular weight is 675 g/mol. The summed E-state index contributed by atoms with van der Waals surface area (Å²) in [6.07, 6.45) is -6.01. The van der Waals surface area contributed by atoms with Gasteiger partial charge in [-0.25, -0.2) is 9.18 Å². The van der Waals surface area contributed by atoms with E-state index in [0.29, 0.717) is 29.8 Å². The Labute approximate surface area is 273 Å². The van der Waals surface area contributed by atoms with Crippen molar-refractivity contribution in [2.75, 3.05) is 0 Å². The zero-order valence-electron chi connectivity index (χ0n) is 26.3. The number of amides is 1. The third-order valence-electron chi connectivity index (χ3n) is 8.46. The van der Waals surface area contributed by atoms with Crippen molar-refractivity contribution in [2.24, 2.45) is 0 Å². The van der Waals surface area contributed by atoms with Gasteiger partial charge in [0.25, 0.3) is 0 Å². The highest BCUT2D eigenvalue weighted by atomic mass is 19.4. The molecule has 2 aliphatic rings. The van der Waals surface area contributed by atoms with E-state index in [4.69, 9.17) is 9.72 Å². The molecule has 1 amide bonds. The van der Waals surface area contributed by atoms with E-state index in [1.54, 1.807) is 24.3 Å². The Bertz CT molecular complexity index is 1780. The minimum Gasteiger partial charge on any atom is -0.439 e. The SMILES string of the molecule is CCCc1ccc(C2=CC(c3ccc(CO)cc3C)=CCC=C2F)c(CN2C(=O)OC(c3cc(C(F)(F)F)cc(C(F)(F)F)c3)C2C)n1. The predicted molar refractivity (Wildman–Crippen MR) is 166 cm³/mol. The molecule has 0 bridgehead atoms. The van der Waals surface area contributed by atoms with Crippen molar-refractivity contribution in [3.63, 3.8) is 0 Å². The van der Waals surface area contributed by atoms with Crippen molar-refractivity contribution in [1.29, 1.82) is 0 Å². The first kappa shape index (κ1) is 34.9. The van der Waals surface area contributed by atoms with Gasteiger partial charge < -0.3 is 9.84 Å². The number of cyclic esters (lactones) is 1. The smallest absolute Gasteiger partial charge is 0.416 e. The topological polar surface area (TPSA) is 62.7 Å². The van der Waals surface area contributed by atoms with Crippen molar-refractivity contribution in [3.05, 3.63) is 123 Å². The van der Waals surface area contributed by atoms with E-state index >= 15 is 4.39 Å². The summed E-state index contributed by atoms with van der Waals surface area (Å²) in [5, 5.41) is 9.53. The van der Waals surface area contributed by atoms with Gasteiger partial charge in [-0.3, -0.25) is 9.88 Å². The second kappa shape index (κ2) is 13.6. The molecule has 1 aliphatic heterocycles. The number of rotatable bonds is 8.